The Bertz CT molecular complexity index is 732. The summed E-state index contributed by atoms with van der Waals surface area (Å²) in [7, 11) is 0. The molecule has 0 aliphatic heterocycles. The summed E-state index contributed by atoms with van der Waals surface area (Å²) >= 11 is 0. The van der Waals surface area contributed by atoms with Gasteiger partial charge in [-0.25, -0.2) is 9.59 Å². The Balaban J connectivity index is 1.73. The van der Waals surface area contributed by atoms with Gasteiger partial charge in [0, 0.05) is 18.3 Å². The van der Waals surface area contributed by atoms with Crippen molar-refractivity contribution in [2.45, 2.75) is 12.8 Å². The first-order chi connectivity index (χ1) is 12.7. The lowest BCUT2D eigenvalue weighted by Crippen LogP contribution is -2.28. The minimum atomic E-state index is -0.604. The topological polar surface area (TPSA) is 76.7 Å². The number of anilines is 1. The second-order valence-corrected chi connectivity index (χ2v) is 5.45. The van der Waals surface area contributed by atoms with Crippen molar-refractivity contribution in [3.05, 3.63) is 72.8 Å². The Morgan fingerprint density at radius 1 is 1.04 bits per heavy atom. The van der Waals surface area contributed by atoms with E-state index in [2.05, 4.69) is 29.3 Å². The van der Waals surface area contributed by atoms with Crippen LogP contribution in [0.25, 0.3) is 0 Å². The van der Waals surface area contributed by atoms with E-state index in [9.17, 15) is 9.59 Å². The molecule has 0 saturated carbocycles. The first kappa shape index (κ1) is 19.1. The van der Waals surface area contributed by atoms with Crippen LogP contribution in [-0.2, 0) is 11.2 Å². The van der Waals surface area contributed by atoms with E-state index in [1.165, 1.54) is 11.6 Å². The number of benzene rings is 2. The zero-order valence-corrected chi connectivity index (χ0v) is 14.4. The summed E-state index contributed by atoms with van der Waals surface area (Å²) in [5.41, 5.74) is 1.69. The molecule has 0 fully saturated rings. The Morgan fingerprint density at radius 2 is 1.85 bits per heavy atom. The van der Waals surface area contributed by atoms with Crippen LogP contribution in [0.15, 0.2) is 67.3 Å². The summed E-state index contributed by atoms with van der Waals surface area (Å²) in [6.45, 7) is 4.10. The molecule has 0 heterocycles. The maximum atomic E-state index is 11.8. The number of amides is 2. The molecule has 6 heteroatoms. The fourth-order valence-corrected chi connectivity index (χ4v) is 2.20. The van der Waals surface area contributed by atoms with Crippen LogP contribution in [0.2, 0.25) is 0 Å². The molecule has 0 atom stereocenters. The maximum Gasteiger partial charge on any atom is 0.412 e. The van der Waals surface area contributed by atoms with Gasteiger partial charge in [-0.1, -0.05) is 49.1 Å². The summed E-state index contributed by atoms with van der Waals surface area (Å²) < 4.78 is 10.0. The number of hydrogen-bond acceptors (Lipinski definition) is 4. The number of nitrogens with one attached hydrogen (secondary N) is 2. The van der Waals surface area contributed by atoms with Gasteiger partial charge >= 0.3 is 12.2 Å². The molecule has 0 bridgehead atoms. The van der Waals surface area contributed by atoms with E-state index in [0.717, 1.165) is 12.8 Å². The number of carbonyl (C=O) groups is 2. The van der Waals surface area contributed by atoms with Crippen LogP contribution < -0.4 is 15.4 Å². The van der Waals surface area contributed by atoms with Crippen LogP contribution in [0.4, 0.5) is 15.3 Å². The molecule has 0 unspecified atom stereocenters. The second kappa shape index (κ2) is 10.6. The summed E-state index contributed by atoms with van der Waals surface area (Å²) in [5, 5.41) is 5.25. The molecule has 2 aromatic carbocycles. The lowest BCUT2D eigenvalue weighted by molar-refractivity contribution is 0.174. The fourth-order valence-electron chi connectivity index (χ4n) is 2.20. The van der Waals surface area contributed by atoms with Gasteiger partial charge in [0.2, 0.25) is 0 Å². The van der Waals surface area contributed by atoms with Crippen LogP contribution in [0, 0.1) is 0 Å². The quantitative estimate of drug-likeness (QED) is 0.552. The molecule has 2 amide bonds. The van der Waals surface area contributed by atoms with Crippen molar-refractivity contribution < 1.29 is 19.1 Å². The van der Waals surface area contributed by atoms with Gasteiger partial charge in [0.05, 0.1) is 0 Å². The highest BCUT2D eigenvalue weighted by Gasteiger charge is 2.07. The first-order valence-corrected chi connectivity index (χ1v) is 8.31. The van der Waals surface area contributed by atoms with Crippen LogP contribution in [-0.4, -0.2) is 25.3 Å². The summed E-state index contributed by atoms with van der Waals surface area (Å²) in [6, 6.07) is 16.6. The number of carbonyl (C=O) groups excluding carboxylic acids is 2. The Hall–Kier alpha value is -3.28. The SMILES string of the molecule is C=CCOC(=O)Nc1cccc(OC(=O)NCCCc2ccccc2)c1. The van der Waals surface area contributed by atoms with Crippen molar-refractivity contribution in [1.29, 1.82) is 0 Å². The van der Waals surface area contributed by atoms with Crippen molar-refractivity contribution in [3.8, 4) is 5.75 Å². The van der Waals surface area contributed by atoms with Crippen molar-refractivity contribution in [2.75, 3.05) is 18.5 Å². The third-order valence-electron chi connectivity index (χ3n) is 3.38. The van der Waals surface area contributed by atoms with Crippen molar-refractivity contribution in [1.82, 2.24) is 5.32 Å². The molecule has 0 radical (unpaired) electrons. The van der Waals surface area contributed by atoms with Gasteiger partial charge < -0.3 is 14.8 Å². The predicted molar refractivity (Wildman–Crippen MR) is 100 cm³/mol. The molecule has 136 valence electrons. The van der Waals surface area contributed by atoms with Crippen molar-refractivity contribution in [3.63, 3.8) is 0 Å². The Morgan fingerprint density at radius 3 is 2.62 bits per heavy atom. The van der Waals surface area contributed by atoms with Crippen molar-refractivity contribution in [2.24, 2.45) is 0 Å². The van der Waals surface area contributed by atoms with E-state index in [-0.39, 0.29) is 6.61 Å². The van der Waals surface area contributed by atoms with Crippen molar-refractivity contribution >= 4 is 17.9 Å². The first-order valence-electron chi connectivity index (χ1n) is 8.31. The smallest absolute Gasteiger partial charge is 0.412 e. The fraction of sp³-hybridized carbons (Fsp3) is 0.200. The minimum absolute atomic E-state index is 0.118. The zero-order chi connectivity index (χ0) is 18.6. The average Bonchev–Trinajstić information content (AvgIpc) is 2.65. The highest BCUT2D eigenvalue weighted by Crippen LogP contribution is 2.17. The standard InChI is InChI=1S/C20H22N2O4/c1-2-14-25-20(24)22-17-11-6-12-18(15-17)26-19(23)21-13-7-10-16-8-4-3-5-9-16/h2-6,8-9,11-12,15H,1,7,10,13-14H2,(H,21,23)(H,22,24). The molecule has 0 aromatic heterocycles. The summed E-state index contributed by atoms with van der Waals surface area (Å²) in [5.74, 6) is 0.326. The second-order valence-electron chi connectivity index (χ2n) is 5.45. The molecule has 0 saturated heterocycles. The highest BCUT2D eigenvalue weighted by molar-refractivity contribution is 5.85. The number of hydrogen-bond donors (Lipinski definition) is 2. The van der Waals surface area contributed by atoms with E-state index in [1.807, 2.05) is 18.2 Å². The number of aryl methyl sites for hydroxylation is 1. The third-order valence-corrected chi connectivity index (χ3v) is 3.38. The minimum Gasteiger partial charge on any atom is -0.445 e. The molecule has 0 aliphatic carbocycles. The van der Waals surface area contributed by atoms with Gasteiger partial charge in [-0.2, -0.15) is 0 Å². The van der Waals surface area contributed by atoms with Gasteiger partial charge in [0.15, 0.2) is 0 Å². The van der Waals surface area contributed by atoms with Crippen LogP contribution in [0.3, 0.4) is 0 Å². The number of rotatable bonds is 8. The van der Waals surface area contributed by atoms with Gasteiger partial charge in [-0.15, -0.1) is 0 Å². The Kier molecular flexibility index (Phi) is 7.74. The van der Waals surface area contributed by atoms with Gasteiger partial charge in [-0.3, -0.25) is 5.32 Å². The van der Waals surface area contributed by atoms with Crippen LogP contribution in [0.5, 0.6) is 5.75 Å². The van der Waals surface area contributed by atoms with E-state index >= 15 is 0 Å². The lowest BCUT2D eigenvalue weighted by atomic mass is 10.1. The van der Waals surface area contributed by atoms with Gasteiger partial charge in [0.1, 0.15) is 12.4 Å². The van der Waals surface area contributed by atoms with E-state index in [4.69, 9.17) is 9.47 Å². The normalized spacial score (nSPS) is 9.85. The highest BCUT2D eigenvalue weighted by atomic mass is 16.6. The third kappa shape index (κ3) is 7.09. The molecule has 26 heavy (non-hydrogen) atoms. The molecule has 6 nitrogen and oxygen atoms in total. The molecule has 2 N–H and O–H groups in total. The average molecular weight is 354 g/mol. The van der Waals surface area contributed by atoms with Gasteiger partial charge in [0.25, 0.3) is 0 Å². The van der Waals surface area contributed by atoms with Crippen LogP contribution in [0.1, 0.15) is 12.0 Å². The number of ether oxygens (including phenoxy) is 2. The maximum absolute atomic E-state index is 11.8. The molecule has 0 aliphatic rings. The Labute approximate surface area is 152 Å². The summed E-state index contributed by atoms with van der Waals surface area (Å²) in [6.07, 6.45) is 2.03. The zero-order valence-electron chi connectivity index (χ0n) is 14.4. The largest absolute Gasteiger partial charge is 0.445 e. The summed E-state index contributed by atoms with van der Waals surface area (Å²) in [4.78, 5) is 23.3. The predicted octanol–water partition coefficient (Wildman–Crippen LogP) is 4.14. The molecule has 0 spiro atoms. The molecular formula is C20H22N2O4. The van der Waals surface area contributed by atoms with Gasteiger partial charge in [-0.05, 0) is 30.5 Å². The van der Waals surface area contributed by atoms with Crippen LogP contribution >= 0.6 is 0 Å². The lowest BCUT2D eigenvalue weighted by Gasteiger charge is -2.09. The van der Waals surface area contributed by atoms with E-state index in [0.29, 0.717) is 18.0 Å². The van der Waals surface area contributed by atoms with E-state index in [1.54, 1.807) is 24.3 Å². The van der Waals surface area contributed by atoms with E-state index < -0.39 is 12.2 Å². The molecule has 2 rings (SSSR count). The monoisotopic (exact) mass is 354 g/mol. The molecular weight excluding hydrogens is 332 g/mol. The molecule has 2 aromatic rings.